The summed E-state index contributed by atoms with van der Waals surface area (Å²) in [5.41, 5.74) is 3.08. The van der Waals surface area contributed by atoms with Gasteiger partial charge in [-0.05, 0) is 19.9 Å². The molecule has 0 saturated carbocycles. The molecule has 1 aromatic heterocycles. The average molecular weight is 219 g/mol. The third-order valence-electron chi connectivity index (χ3n) is 2.19. The van der Waals surface area contributed by atoms with Gasteiger partial charge in [0.2, 0.25) is 0 Å². The van der Waals surface area contributed by atoms with E-state index in [4.69, 9.17) is 11.6 Å². The molecule has 0 bridgehead atoms. The second-order valence-electron chi connectivity index (χ2n) is 3.54. The van der Waals surface area contributed by atoms with Crippen LogP contribution >= 0.6 is 11.6 Å². The predicted octanol–water partition coefficient (Wildman–Crippen LogP) is 3.41. The zero-order valence-corrected chi connectivity index (χ0v) is 9.42. The summed E-state index contributed by atoms with van der Waals surface area (Å²) in [4.78, 5) is 8.49. The third kappa shape index (κ3) is 2.16. The first-order valence-electron chi connectivity index (χ1n) is 4.73. The summed E-state index contributed by atoms with van der Waals surface area (Å²) >= 11 is 5.95. The van der Waals surface area contributed by atoms with Crippen LogP contribution in [0.5, 0.6) is 0 Å². The second kappa shape index (κ2) is 3.99. The van der Waals surface area contributed by atoms with Crippen molar-refractivity contribution >= 4 is 11.6 Å². The zero-order chi connectivity index (χ0) is 10.8. The summed E-state index contributed by atoms with van der Waals surface area (Å²) in [7, 11) is 0. The molecule has 3 heteroatoms. The first-order valence-corrected chi connectivity index (χ1v) is 5.11. The van der Waals surface area contributed by atoms with Crippen molar-refractivity contribution < 1.29 is 0 Å². The molecular formula is C12H11ClN2. The molecule has 0 atom stereocenters. The summed E-state index contributed by atoms with van der Waals surface area (Å²) in [6.07, 6.45) is 1.74. The van der Waals surface area contributed by atoms with Crippen molar-refractivity contribution in [2.24, 2.45) is 0 Å². The Hall–Kier alpha value is -1.41. The Labute approximate surface area is 94.0 Å². The van der Waals surface area contributed by atoms with E-state index in [2.05, 4.69) is 9.97 Å². The van der Waals surface area contributed by atoms with Crippen molar-refractivity contribution in [3.8, 4) is 11.4 Å². The maximum atomic E-state index is 5.95. The summed E-state index contributed by atoms with van der Waals surface area (Å²) < 4.78 is 0. The van der Waals surface area contributed by atoms with Crippen molar-refractivity contribution in [3.63, 3.8) is 0 Å². The standard InChI is InChI=1S/C12H11ClN2/c1-8-4-3-5-10(6-8)12-14-7-9(2)11(13)15-12/h3-7H,1-2H3. The van der Waals surface area contributed by atoms with E-state index >= 15 is 0 Å². The van der Waals surface area contributed by atoms with Crippen molar-refractivity contribution in [1.82, 2.24) is 9.97 Å². The van der Waals surface area contributed by atoms with Gasteiger partial charge in [0.15, 0.2) is 5.82 Å². The Bertz CT molecular complexity index is 495. The number of aromatic nitrogens is 2. The van der Waals surface area contributed by atoms with E-state index in [-0.39, 0.29) is 0 Å². The molecule has 0 radical (unpaired) electrons. The quantitative estimate of drug-likeness (QED) is 0.686. The smallest absolute Gasteiger partial charge is 0.160 e. The summed E-state index contributed by atoms with van der Waals surface area (Å²) in [6, 6.07) is 8.05. The SMILES string of the molecule is Cc1cccc(-c2ncc(C)c(Cl)n2)c1. The van der Waals surface area contributed by atoms with Crippen LogP contribution in [0.4, 0.5) is 0 Å². The van der Waals surface area contributed by atoms with E-state index in [9.17, 15) is 0 Å². The van der Waals surface area contributed by atoms with Gasteiger partial charge >= 0.3 is 0 Å². The largest absolute Gasteiger partial charge is 0.236 e. The number of hydrogen-bond acceptors (Lipinski definition) is 2. The van der Waals surface area contributed by atoms with E-state index in [0.717, 1.165) is 11.1 Å². The molecule has 15 heavy (non-hydrogen) atoms. The molecule has 2 nitrogen and oxygen atoms in total. The van der Waals surface area contributed by atoms with E-state index in [1.807, 2.05) is 38.1 Å². The lowest BCUT2D eigenvalue weighted by Crippen LogP contribution is -1.91. The fourth-order valence-electron chi connectivity index (χ4n) is 1.34. The molecule has 2 rings (SSSR count). The summed E-state index contributed by atoms with van der Waals surface area (Å²) in [6.45, 7) is 3.93. The van der Waals surface area contributed by atoms with Gasteiger partial charge in [0.25, 0.3) is 0 Å². The van der Waals surface area contributed by atoms with Gasteiger partial charge < -0.3 is 0 Å². The van der Waals surface area contributed by atoms with Crippen LogP contribution < -0.4 is 0 Å². The number of nitrogens with zero attached hydrogens (tertiary/aromatic N) is 2. The lowest BCUT2D eigenvalue weighted by Gasteiger charge is -2.02. The van der Waals surface area contributed by atoms with Gasteiger partial charge in [-0.25, -0.2) is 9.97 Å². The van der Waals surface area contributed by atoms with Crippen molar-refractivity contribution in [2.75, 3.05) is 0 Å². The zero-order valence-electron chi connectivity index (χ0n) is 8.66. The molecule has 0 fully saturated rings. The van der Waals surface area contributed by atoms with Gasteiger partial charge in [-0.15, -0.1) is 0 Å². The van der Waals surface area contributed by atoms with Gasteiger partial charge in [-0.1, -0.05) is 35.4 Å². The maximum absolute atomic E-state index is 5.95. The molecule has 0 spiro atoms. The molecule has 2 aromatic rings. The van der Waals surface area contributed by atoms with Gasteiger partial charge in [0.05, 0.1) is 0 Å². The molecule has 0 N–H and O–H groups in total. The Balaban J connectivity index is 2.50. The minimum atomic E-state index is 0.515. The molecule has 0 amide bonds. The minimum Gasteiger partial charge on any atom is -0.236 e. The van der Waals surface area contributed by atoms with Crippen LogP contribution in [0.1, 0.15) is 11.1 Å². The normalized spacial score (nSPS) is 10.3. The van der Waals surface area contributed by atoms with Crippen LogP contribution in [0.25, 0.3) is 11.4 Å². The van der Waals surface area contributed by atoms with Crippen molar-refractivity contribution in [1.29, 1.82) is 0 Å². The first kappa shape index (κ1) is 10.1. The molecule has 1 heterocycles. The number of aryl methyl sites for hydroxylation is 2. The molecule has 0 aliphatic rings. The highest BCUT2D eigenvalue weighted by Gasteiger charge is 2.03. The number of rotatable bonds is 1. The Kier molecular flexibility index (Phi) is 2.69. The highest BCUT2D eigenvalue weighted by molar-refractivity contribution is 6.30. The molecule has 76 valence electrons. The van der Waals surface area contributed by atoms with Gasteiger partial charge in [-0.2, -0.15) is 0 Å². The predicted molar refractivity (Wildman–Crippen MR) is 62.0 cm³/mol. The van der Waals surface area contributed by atoms with Gasteiger partial charge in [0, 0.05) is 17.3 Å². The van der Waals surface area contributed by atoms with Crippen LogP contribution in [-0.4, -0.2) is 9.97 Å². The molecular weight excluding hydrogens is 208 g/mol. The summed E-state index contributed by atoms with van der Waals surface area (Å²) in [5, 5.41) is 0.515. The van der Waals surface area contributed by atoms with Crippen molar-refractivity contribution in [3.05, 3.63) is 46.7 Å². The second-order valence-corrected chi connectivity index (χ2v) is 3.89. The first-order chi connectivity index (χ1) is 7.16. The van der Waals surface area contributed by atoms with Crippen LogP contribution in [0.15, 0.2) is 30.5 Å². The fraction of sp³-hybridized carbons (Fsp3) is 0.167. The Morgan fingerprint density at radius 2 is 2.00 bits per heavy atom. The van der Waals surface area contributed by atoms with Crippen LogP contribution in [0.3, 0.4) is 0 Å². The van der Waals surface area contributed by atoms with Crippen molar-refractivity contribution in [2.45, 2.75) is 13.8 Å². The Morgan fingerprint density at radius 3 is 2.67 bits per heavy atom. The van der Waals surface area contributed by atoms with Gasteiger partial charge in [-0.3, -0.25) is 0 Å². The van der Waals surface area contributed by atoms with E-state index in [1.165, 1.54) is 5.56 Å². The van der Waals surface area contributed by atoms with Crippen LogP contribution in [-0.2, 0) is 0 Å². The number of benzene rings is 1. The molecule has 0 saturated heterocycles. The lowest BCUT2D eigenvalue weighted by atomic mass is 10.1. The van der Waals surface area contributed by atoms with Crippen LogP contribution in [0, 0.1) is 13.8 Å². The lowest BCUT2D eigenvalue weighted by molar-refractivity contribution is 1.14. The number of halogens is 1. The van der Waals surface area contributed by atoms with E-state index in [1.54, 1.807) is 6.20 Å². The Morgan fingerprint density at radius 1 is 1.20 bits per heavy atom. The molecule has 0 unspecified atom stereocenters. The fourth-order valence-corrected chi connectivity index (χ4v) is 1.47. The van der Waals surface area contributed by atoms with E-state index in [0.29, 0.717) is 11.0 Å². The highest BCUT2D eigenvalue weighted by atomic mass is 35.5. The number of hydrogen-bond donors (Lipinski definition) is 0. The average Bonchev–Trinajstić information content (AvgIpc) is 2.22. The van der Waals surface area contributed by atoms with E-state index < -0.39 is 0 Å². The highest BCUT2D eigenvalue weighted by Crippen LogP contribution is 2.19. The molecule has 1 aromatic carbocycles. The minimum absolute atomic E-state index is 0.515. The van der Waals surface area contributed by atoms with Gasteiger partial charge in [0.1, 0.15) is 5.15 Å². The maximum Gasteiger partial charge on any atom is 0.160 e. The monoisotopic (exact) mass is 218 g/mol. The topological polar surface area (TPSA) is 25.8 Å². The summed E-state index contributed by atoms with van der Waals surface area (Å²) in [5.74, 6) is 0.675. The van der Waals surface area contributed by atoms with Crippen LogP contribution in [0.2, 0.25) is 5.15 Å². The third-order valence-corrected chi connectivity index (χ3v) is 2.57. The molecule has 0 aliphatic carbocycles. The molecule has 0 aliphatic heterocycles.